The van der Waals surface area contributed by atoms with Gasteiger partial charge in [0.25, 0.3) is 0 Å². The van der Waals surface area contributed by atoms with Crippen LogP contribution < -0.4 is 9.62 Å². The van der Waals surface area contributed by atoms with Crippen LogP contribution in [0.15, 0.2) is 59.5 Å². The van der Waals surface area contributed by atoms with Gasteiger partial charge in [-0.1, -0.05) is 43.6 Å². The van der Waals surface area contributed by atoms with Crippen LogP contribution in [0.2, 0.25) is 5.02 Å². The largest absolute Gasteiger partial charge is 0.465 e. The molecule has 0 heterocycles. The number of sulfonamides is 1. The number of benzene rings is 2. The van der Waals surface area contributed by atoms with Crippen molar-refractivity contribution in [3.63, 3.8) is 0 Å². The lowest BCUT2D eigenvalue weighted by Gasteiger charge is -2.29. The van der Waals surface area contributed by atoms with Crippen molar-refractivity contribution in [1.82, 2.24) is 4.72 Å². The van der Waals surface area contributed by atoms with E-state index in [2.05, 4.69) is 4.72 Å². The number of esters is 1. The van der Waals surface area contributed by atoms with Crippen LogP contribution >= 0.6 is 11.6 Å². The lowest BCUT2D eigenvalue weighted by atomic mass is 10.0. The van der Waals surface area contributed by atoms with E-state index < -0.39 is 27.9 Å². The Kier molecular flexibility index (Phi) is 8.40. The third-order valence-electron chi connectivity index (χ3n) is 4.27. The number of nitrogens with one attached hydrogen (secondary N) is 1. The van der Waals surface area contributed by atoms with Gasteiger partial charge in [-0.2, -0.15) is 4.72 Å². The molecule has 1 unspecified atom stereocenters. The maximum atomic E-state index is 13.4. The summed E-state index contributed by atoms with van der Waals surface area (Å²) in [6, 6.07) is 13.1. The Labute approximate surface area is 182 Å². The molecule has 0 saturated heterocycles. The molecular weight excluding hydrogens is 428 g/mol. The predicted molar refractivity (Wildman–Crippen MR) is 116 cm³/mol. The summed E-state index contributed by atoms with van der Waals surface area (Å²) in [5.74, 6) is -1.52. The number of rotatable bonds is 9. The van der Waals surface area contributed by atoms with Crippen LogP contribution in [0, 0.1) is 5.92 Å². The molecule has 0 fully saturated rings. The highest BCUT2D eigenvalue weighted by Gasteiger charge is 2.33. The minimum Gasteiger partial charge on any atom is -0.465 e. The van der Waals surface area contributed by atoms with E-state index in [9.17, 15) is 18.0 Å². The Balaban J connectivity index is 2.36. The fraction of sp³-hybridized carbons (Fsp3) is 0.333. The van der Waals surface area contributed by atoms with Gasteiger partial charge in [0.2, 0.25) is 15.9 Å². The van der Waals surface area contributed by atoms with E-state index in [1.54, 1.807) is 51.1 Å². The number of para-hydroxylation sites is 1. The number of carbonyl (C=O) groups is 2. The standard InChI is InChI=1S/C21H25ClN2O5S/c1-4-29-19(25)14-24(17-8-6-5-7-9-17)21(26)20(15(2)3)23-30(27,28)18-12-10-16(22)11-13-18/h5-13,15,20,23H,4,14H2,1-3H3. The van der Waals surface area contributed by atoms with Gasteiger partial charge in [0.1, 0.15) is 12.6 Å². The van der Waals surface area contributed by atoms with Crippen LogP contribution in [-0.4, -0.2) is 39.5 Å². The summed E-state index contributed by atoms with van der Waals surface area (Å²) < 4.78 is 33.1. The quantitative estimate of drug-likeness (QED) is 0.589. The molecule has 162 valence electrons. The maximum Gasteiger partial charge on any atom is 0.326 e. The van der Waals surface area contributed by atoms with Crippen LogP contribution in [0.25, 0.3) is 0 Å². The van der Waals surface area contributed by atoms with E-state index in [4.69, 9.17) is 16.3 Å². The van der Waals surface area contributed by atoms with E-state index in [1.807, 2.05) is 0 Å². The molecule has 1 atom stereocenters. The summed E-state index contributed by atoms with van der Waals surface area (Å²) in [6.45, 7) is 4.96. The zero-order chi connectivity index (χ0) is 22.3. The van der Waals surface area contributed by atoms with Crippen LogP contribution in [0.3, 0.4) is 0 Å². The second-order valence-electron chi connectivity index (χ2n) is 6.86. The molecule has 2 rings (SSSR count). The van der Waals surface area contributed by atoms with Crippen molar-refractivity contribution in [2.45, 2.75) is 31.7 Å². The normalized spacial score (nSPS) is 12.4. The van der Waals surface area contributed by atoms with Gasteiger partial charge in [-0.05, 0) is 49.2 Å². The topological polar surface area (TPSA) is 92.8 Å². The second kappa shape index (κ2) is 10.6. The minimum absolute atomic E-state index is 0.0120. The van der Waals surface area contributed by atoms with E-state index in [1.165, 1.54) is 29.2 Å². The summed E-state index contributed by atoms with van der Waals surface area (Å²) in [5, 5.41) is 0.398. The lowest BCUT2D eigenvalue weighted by Crippen LogP contribution is -2.52. The van der Waals surface area contributed by atoms with E-state index in [0.717, 1.165) is 0 Å². The highest BCUT2D eigenvalue weighted by atomic mass is 35.5. The molecule has 2 aromatic rings. The van der Waals surface area contributed by atoms with Crippen LogP contribution in [0.1, 0.15) is 20.8 Å². The molecule has 0 bridgehead atoms. The van der Waals surface area contributed by atoms with Gasteiger partial charge in [0, 0.05) is 10.7 Å². The van der Waals surface area contributed by atoms with Crippen molar-refractivity contribution in [1.29, 1.82) is 0 Å². The predicted octanol–water partition coefficient (Wildman–Crippen LogP) is 3.24. The fourth-order valence-electron chi connectivity index (χ4n) is 2.73. The molecule has 7 nitrogen and oxygen atoms in total. The molecule has 30 heavy (non-hydrogen) atoms. The fourth-order valence-corrected chi connectivity index (χ4v) is 4.19. The number of carbonyl (C=O) groups excluding carboxylic acids is 2. The zero-order valence-electron chi connectivity index (χ0n) is 17.0. The number of nitrogens with zero attached hydrogens (tertiary/aromatic N) is 1. The number of halogens is 1. The highest BCUT2D eigenvalue weighted by Crippen LogP contribution is 2.20. The van der Waals surface area contributed by atoms with Crippen molar-refractivity contribution < 1.29 is 22.7 Å². The monoisotopic (exact) mass is 452 g/mol. The van der Waals surface area contributed by atoms with Gasteiger partial charge < -0.3 is 4.74 Å². The van der Waals surface area contributed by atoms with Gasteiger partial charge >= 0.3 is 5.97 Å². The molecule has 0 spiro atoms. The Morgan fingerprint density at radius 1 is 1.07 bits per heavy atom. The average Bonchev–Trinajstić information content (AvgIpc) is 2.71. The van der Waals surface area contributed by atoms with Gasteiger partial charge in [-0.15, -0.1) is 0 Å². The molecule has 0 radical (unpaired) electrons. The summed E-state index contributed by atoms with van der Waals surface area (Å²) in [5.41, 5.74) is 0.465. The molecule has 0 aliphatic heterocycles. The number of hydrogen-bond donors (Lipinski definition) is 1. The first kappa shape index (κ1) is 23.9. The smallest absolute Gasteiger partial charge is 0.326 e. The van der Waals surface area contributed by atoms with Crippen molar-refractivity contribution in [3.05, 3.63) is 59.6 Å². The third kappa shape index (κ3) is 6.29. The van der Waals surface area contributed by atoms with E-state index in [0.29, 0.717) is 10.7 Å². The molecule has 0 saturated carbocycles. The van der Waals surface area contributed by atoms with Crippen LogP contribution in [0.5, 0.6) is 0 Å². The Morgan fingerprint density at radius 3 is 2.20 bits per heavy atom. The first-order chi connectivity index (χ1) is 14.2. The number of ether oxygens (including phenoxy) is 1. The molecule has 0 aliphatic rings. The Bertz CT molecular complexity index is 963. The number of anilines is 1. The molecule has 1 N–H and O–H groups in total. The van der Waals surface area contributed by atoms with Crippen LogP contribution in [0.4, 0.5) is 5.69 Å². The highest BCUT2D eigenvalue weighted by molar-refractivity contribution is 7.89. The summed E-state index contributed by atoms with van der Waals surface area (Å²) >= 11 is 5.83. The van der Waals surface area contributed by atoms with Crippen molar-refractivity contribution in [3.8, 4) is 0 Å². The van der Waals surface area contributed by atoms with Crippen molar-refractivity contribution >= 4 is 39.2 Å². The number of amides is 1. The van der Waals surface area contributed by atoms with Gasteiger partial charge in [0.05, 0.1) is 11.5 Å². The summed E-state index contributed by atoms with van der Waals surface area (Å²) in [7, 11) is -3.99. The minimum atomic E-state index is -3.99. The third-order valence-corrected chi connectivity index (χ3v) is 5.97. The van der Waals surface area contributed by atoms with E-state index in [-0.39, 0.29) is 24.0 Å². The average molecular weight is 453 g/mol. The SMILES string of the molecule is CCOC(=O)CN(C(=O)C(NS(=O)(=O)c1ccc(Cl)cc1)C(C)C)c1ccccc1. The summed E-state index contributed by atoms with van der Waals surface area (Å²) in [6.07, 6.45) is 0. The molecule has 0 aromatic heterocycles. The van der Waals surface area contributed by atoms with Crippen LogP contribution in [-0.2, 0) is 24.3 Å². The molecule has 2 aromatic carbocycles. The summed E-state index contributed by atoms with van der Waals surface area (Å²) in [4.78, 5) is 26.7. The van der Waals surface area contributed by atoms with Crippen molar-refractivity contribution in [2.75, 3.05) is 18.1 Å². The first-order valence-electron chi connectivity index (χ1n) is 9.45. The molecule has 0 aliphatic carbocycles. The first-order valence-corrected chi connectivity index (χ1v) is 11.3. The van der Waals surface area contributed by atoms with Gasteiger partial charge in [0.15, 0.2) is 0 Å². The molecular formula is C21H25ClN2O5S. The molecule has 1 amide bonds. The lowest BCUT2D eigenvalue weighted by molar-refractivity contribution is -0.142. The Morgan fingerprint density at radius 2 is 1.67 bits per heavy atom. The van der Waals surface area contributed by atoms with Crippen molar-refractivity contribution in [2.24, 2.45) is 5.92 Å². The van der Waals surface area contributed by atoms with E-state index >= 15 is 0 Å². The number of hydrogen-bond acceptors (Lipinski definition) is 5. The van der Waals surface area contributed by atoms with Gasteiger partial charge in [-0.25, -0.2) is 8.42 Å². The zero-order valence-corrected chi connectivity index (χ0v) is 18.6. The van der Waals surface area contributed by atoms with Gasteiger partial charge in [-0.3, -0.25) is 14.5 Å². The molecule has 9 heteroatoms. The second-order valence-corrected chi connectivity index (χ2v) is 9.01. The Hall–Kier alpha value is -2.42. The maximum absolute atomic E-state index is 13.4.